The van der Waals surface area contributed by atoms with Crippen LogP contribution in [0.4, 0.5) is 0 Å². The van der Waals surface area contributed by atoms with Crippen LogP contribution in [-0.4, -0.2) is 36.4 Å². The van der Waals surface area contributed by atoms with E-state index in [0.717, 1.165) is 42.9 Å². The van der Waals surface area contributed by atoms with Crippen molar-refractivity contribution in [1.82, 2.24) is 10.2 Å². The summed E-state index contributed by atoms with van der Waals surface area (Å²) in [5.74, 6) is 1.03. The van der Waals surface area contributed by atoms with Crippen molar-refractivity contribution in [3.63, 3.8) is 0 Å². The molecule has 0 aliphatic carbocycles. The highest BCUT2D eigenvalue weighted by Crippen LogP contribution is 2.20. The summed E-state index contributed by atoms with van der Waals surface area (Å²) < 4.78 is 1.06. The van der Waals surface area contributed by atoms with Gasteiger partial charge in [-0.15, -0.1) is 0 Å². The van der Waals surface area contributed by atoms with Crippen molar-refractivity contribution in [2.75, 3.05) is 19.6 Å². The predicted octanol–water partition coefficient (Wildman–Crippen LogP) is 2.50. The van der Waals surface area contributed by atoms with Crippen LogP contribution in [0.25, 0.3) is 0 Å². The maximum atomic E-state index is 11.2. The standard InChI is InChI=1S/C17H25BrN4O/c1-2-20-17(21-11-13-5-3-7-15(18)9-13)22-8-4-6-14(12-22)10-16(19)23/h3,5,7,9,14H,2,4,6,8,10-12H2,1H3,(H2,19,23)(H,20,21). The number of hydrogen-bond acceptors (Lipinski definition) is 2. The highest BCUT2D eigenvalue weighted by molar-refractivity contribution is 9.10. The third-order valence-electron chi connectivity index (χ3n) is 3.94. The Bertz CT molecular complexity index is 561. The molecule has 1 amide bonds. The van der Waals surface area contributed by atoms with Crippen LogP contribution in [-0.2, 0) is 11.3 Å². The first kappa shape index (κ1) is 17.8. The van der Waals surface area contributed by atoms with Gasteiger partial charge in [0, 0.05) is 30.5 Å². The van der Waals surface area contributed by atoms with Crippen LogP contribution in [0.1, 0.15) is 31.7 Å². The molecular weight excluding hydrogens is 356 g/mol. The minimum atomic E-state index is -0.215. The molecule has 5 nitrogen and oxygen atoms in total. The Morgan fingerprint density at radius 1 is 1.52 bits per heavy atom. The minimum Gasteiger partial charge on any atom is -0.370 e. The number of nitrogens with two attached hydrogens (primary N) is 1. The summed E-state index contributed by atoms with van der Waals surface area (Å²) in [5.41, 5.74) is 6.51. The quantitative estimate of drug-likeness (QED) is 0.608. The van der Waals surface area contributed by atoms with Gasteiger partial charge in [-0.1, -0.05) is 28.1 Å². The van der Waals surface area contributed by atoms with Gasteiger partial charge in [0.25, 0.3) is 0 Å². The average molecular weight is 381 g/mol. The molecule has 126 valence electrons. The number of carbonyl (C=O) groups excluding carboxylic acids is 1. The van der Waals surface area contributed by atoms with Crippen LogP contribution in [0, 0.1) is 5.92 Å². The van der Waals surface area contributed by atoms with E-state index in [1.807, 2.05) is 12.1 Å². The Hall–Kier alpha value is -1.56. The molecule has 1 unspecified atom stereocenters. The van der Waals surface area contributed by atoms with Crippen molar-refractivity contribution in [1.29, 1.82) is 0 Å². The molecule has 6 heteroatoms. The van der Waals surface area contributed by atoms with Crippen molar-refractivity contribution in [3.8, 4) is 0 Å². The Kier molecular flexibility index (Phi) is 6.89. The van der Waals surface area contributed by atoms with Gasteiger partial charge in [0.1, 0.15) is 0 Å². The smallest absolute Gasteiger partial charge is 0.217 e. The van der Waals surface area contributed by atoms with Gasteiger partial charge in [-0.05, 0) is 43.4 Å². The molecule has 3 N–H and O–H groups in total. The van der Waals surface area contributed by atoms with Gasteiger partial charge < -0.3 is 16.0 Å². The monoisotopic (exact) mass is 380 g/mol. The van der Waals surface area contributed by atoms with Gasteiger partial charge in [-0.25, -0.2) is 4.99 Å². The van der Waals surface area contributed by atoms with Crippen LogP contribution in [0.15, 0.2) is 33.7 Å². The largest absolute Gasteiger partial charge is 0.370 e. The van der Waals surface area contributed by atoms with Crippen molar-refractivity contribution in [2.45, 2.75) is 32.7 Å². The normalized spacial score (nSPS) is 18.8. The maximum absolute atomic E-state index is 11.2. The van der Waals surface area contributed by atoms with Gasteiger partial charge in [-0.3, -0.25) is 4.79 Å². The topological polar surface area (TPSA) is 70.7 Å². The SMILES string of the molecule is CCNC(=NCc1cccc(Br)c1)N1CCCC(CC(N)=O)C1. The van der Waals surface area contributed by atoms with Crippen molar-refractivity contribution in [2.24, 2.45) is 16.6 Å². The highest BCUT2D eigenvalue weighted by Gasteiger charge is 2.23. The van der Waals surface area contributed by atoms with E-state index in [2.05, 4.69) is 45.2 Å². The van der Waals surface area contributed by atoms with Crippen LogP contribution in [0.2, 0.25) is 0 Å². The van der Waals surface area contributed by atoms with E-state index in [-0.39, 0.29) is 5.91 Å². The summed E-state index contributed by atoms with van der Waals surface area (Å²) >= 11 is 3.49. The van der Waals surface area contributed by atoms with Crippen LogP contribution >= 0.6 is 15.9 Å². The van der Waals surface area contributed by atoms with E-state index in [1.165, 1.54) is 5.56 Å². The van der Waals surface area contributed by atoms with Gasteiger partial charge in [0.05, 0.1) is 6.54 Å². The van der Waals surface area contributed by atoms with Gasteiger partial charge in [0.2, 0.25) is 5.91 Å². The van der Waals surface area contributed by atoms with E-state index < -0.39 is 0 Å². The van der Waals surface area contributed by atoms with Gasteiger partial charge in [-0.2, -0.15) is 0 Å². The van der Waals surface area contributed by atoms with Crippen LogP contribution < -0.4 is 11.1 Å². The molecule has 1 aromatic rings. The van der Waals surface area contributed by atoms with E-state index in [9.17, 15) is 4.79 Å². The van der Waals surface area contributed by atoms with Crippen molar-refractivity contribution in [3.05, 3.63) is 34.3 Å². The molecule has 1 aromatic carbocycles. The lowest BCUT2D eigenvalue weighted by Gasteiger charge is -2.34. The number of hydrogen-bond donors (Lipinski definition) is 2. The van der Waals surface area contributed by atoms with Crippen molar-refractivity contribution < 1.29 is 4.79 Å². The summed E-state index contributed by atoms with van der Waals surface area (Å²) in [4.78, 5) is 18.2. The Labute approximate surface area is 146 Å². The molecule has 1 atom stereocenters. The van der Waals surface area contributed by atoms with E-state index in [4.69, 9.17) is 10.7 Å². The highest BCUT2D eigenvalue weighted by atomic mass is 79.9. The number of likely N-dealkylation sites (tertiary alicyclic amines) is 1. The summed E-state index contributed by atoms with van der Waals surface area (Å²) in [7, 11) is 0. The fourth-order valence-electron chi connectivity index (χ4n) is 2.94. The summed E-state index contributed by atoms with van der Waals surface area (Å²) in [6.07, 6.45) is 2.59. The molecular formula is C17H25BrN4O. The van der Waals surface area contributed by atoms with E-state index >= 15 is 0 Å². The molecule has 1 fully saturated rings. The van der Waals surface area contributed by atoms with Crippen molar-refractivity contribution >= 4 is 27.8 Å². The Morgan fingerprint density at radius 3 is 3.04 bits per heavy atom. The Morgan fingerprint density at radius 2 is 2.35 bits per heavy atom. The van der Waals surface area contributed by atoms with Crippen LogP contribution in [0.5, 0.6) is 0 Å². The number of rotatable bonds is 5. The number of nitrogens with one attached hydrogen (secondary N) is 1. The number of nitrogens with zero attached hydrogens (tertiary/aromatic N) is 2. The molecule has 23 heavy (non-hydrogen) atoms. The number of carbonyl (C=O) groups is 1. The molecule has 1 saturated heterocycles. The number of amides is 1. The lowest BCUT2D eigenvalue weighted by atomic mass is 9.95. The van der Waals surface area contributed by atoms with Crippen LogP contribution in [0.3, 0.4) is 0 Å². The first-order valence-corrected chi connectivity index (χ1v) is 8.93. The molecule has 0 spiro atoms. The molecule has 0 radical (unpaired) electrons. The number of halogens is 1. The zero-order valence-electron chi connectivity index (χ0n) is 13.6. The van der Waals surface area contributed by atoms with E-state index in [1.54, 1.807) is 0 Å². The molecule has 0 bridgehead atoms. The molecule has 1 aliphatic rings. The summed E-state index contributed by atoms with van der Waals surface area (Å²) in [5, 5.41) is 3.36. The minimum absolute atomic E-state index is 0.215. The van der Waals surface area contributed by atoms with E-state index in [0.29, 0.717) is 18.9 Å². The van der Waals surface area contributed by atoms with Gasteiger partial charge in [0.15, 0.2) is 5.96 Å². The maximum Gasteiger partial charge on any atom is 0.217 e. The first-order valence-electron chi connectivity index (χ1n) is 8.14. The number of piperidine rings is 1. The number of benzene rings is 1. The second-order valence-corrected chi connectivity index (χ2v) is 6.84. The number of aliphatic imine (C=N–C) groups is 1. The number of guanidine groups is 1. The Balaban J connectivity index is 2.04. The molecule has 2 rings (SSSR count). The fraction of sp³-hybridized carbons (Fsp3) is 0.529. The number of primary amides is 1. The third-order valence-corrected chi connectivity index (χ3v) is 4.44. The molecule has 1 heterocycles. The molecule has 0 aromatic heterocycles. The molecule has 0 saturated carbocycles. The lowest BCUT2D eigenvalue weighted by Crippen LogP contribution is -2.47. The first-order chi connectivity index (χ1) is 11.1. The second kappa shape index (κ2) is 8.91. The molecule has 1 aliphatic heterocycles. The summed E-state index contributed by atoms with van der Waals surface area (Å²) in [6.45, 7) is 5.35. The fourth-order valence-corrected chi connectivity index (χ4v) is 3.38. The summed E-state index contributed by atoms with van der Waals surface area (Å²) in [6, 6.07) is 8.19. The third kappa shape index (κ3) is 5.86. The lowest BCUT2D eigenvalue weighted by molar-refractivity contribution is -0.119. The zero-order chi connectivity index (χ0) is 16.7. The predicted molar refractivity (Wildman–Crippen MR) is 97.1 cm³/mol. The second-order valence-electron chi connectivity index (χ2n) is 5.92. The average Bonchev–Trinajstić information content (AvgIpc) is 2.51. The van der Waals surface area contributed by atoms with Gasteiger partial charge >= 0.3 is 0 Å². The zero-order valence-corrected chi connectivity index (χ0v) is 15.2.